The number of aliphatic hydroxyl groups is 1. The van der Waals surface area contributed by atoms with Gasteiger partial charge < -0.3 is 14.7 Å². The second-order valence-electron chi connectivity index (χ2n) is 8.30. The van der Waals surface area contributed by atoms with E-state index in [1.54, 1.807) is 4.90 Å². The van der Waals surface area contributed by atoms with Gasteiger partial charge in [0, 0.05) is 30.9 Å². The number of aromatic nitrogens is 2. The molecule has 0 saturated carbocycles. The van der Waals surface area contributed by atoms with Crippen LogP contribution in [0, 0.1) is 0 Å². The molecule has 1 amide bonds. The van der Waals surface area contributed by atoms with Crippen LogP contribution < -0.4 is 0 Å². The minimum atomic E-state index is -0.880. The molecule has 0 radical (unpaired) electrons. The normalized spacial score (nSPS) is 20.3. The van der Waals surface area contributed by atoms with Crippen molar-refractivity contribution in [1.29, 1.82) is 0 Å². The summed E-state index contributed by atoms with van der Waals surface area (Å²) in [5, 5.41) is 16.1. The molecule has 1 saturated heterocycles. The van der Waals surface area contributed by atoms with Gasteiger partial charge in [0.05, 0.1) is 11.3 Å². The van der Waals surface area contributed by atoms with E-state index < -0.39 is 11.2 Å². The molecule has 25 heavy (non-hydrogen) atoms. The molecule has 0 aliphatic carbocycles. The van der Waals surface area contributed by atoms with Crippen LogP contribution in [0.3, 0.4) is 0 Å². The summed E-state index contributed by atoms with van der Waals surface area (Å²) < 4.78 is 7.55. The molecule has 3 heterocycles. The lowest BCUT2D eigenvalue weighted by Gasteiger charge is -2.39. The maximum Gasteiger partial charge on any atom is 0.410 e. The second-order valence-corrected chi connectivity index (χ2v) is 8.30. The van der Waals surface area contributed by atoms with Crippen molar-refractivity contribution < 1.29 is 14.6 Å². The summed E-state index contributed by atoms with van der Waals surface area (Å²) in [4.78, 5) is 14.0. The van der Waals surface area contributed by atoms with Crippen LogP contribution in [0.2, 0.25) is 0 Å². The Balaban J connectivity index is 1.77. The molecule has 140 valence electrons. The van der Waals surface area contributed by atoms with Crippen molar-refractivity contribution in [3.8, 4) is 0 Å². The molecule has 0 unspecified atom stereocenters. The molecule has 0 atom stereocenters. The predicted molar refractivity (Wildman–Crippen MR) is 95.5 cm³/mol. The van der Waals surface area contributed by atoms with Gasteiger partial charge >= 0.3 is 6.09 Å². The average molecular weight is 349 g/mol. The first-order valence-corrected chi connectivity index (χ1v) is 9.53. The highest BCUT2D eigenvalue weighted by Gasteiger charge is 2.41. The number of carbonyl (C=O) groups is 1. The number of ether oxygens (including phenoxy) is 1. The molecule has 6 nitrogen and oxygen atoms in total. The minimum absolute atomic E-state index is 0.290. The highest BCUT2D eigenvalue weighted by Crippen LogP contribution is 2.39. The standard InChI is InChI=1S/C19H31N3O3/c1-5-14-16(15-8-6-7-11-22(15)20-14)19(24)9-12-21(13-10-19)17(23)25-18(2,3)4/h24H,5-13H2,1-4H3. The fourth-order valence-electron chi connectivity index (χ4n) is 3.97. The summed E-state index contributed by atoms with van der Waals surface area (Å²) in [5.74, 6) is 0. The van der Waals surface area contributed by atoms with Gasteiger partial charge in [-0.1, -0.05) is 6.92 Å². The number of fused-ring (bicyclic) bond motifs is 1. The van der Waals surface area contributed by atoms with Crippen molar-refractivity contribution in [2.24, 2.45) is 0 Å². The van der Waals surface area contributed by atoms with Gasteiger partial charge in [-0.3, -0.25) is 4.68 Å². The zero-order valence-corrected chi connectivity index (χ0v) is 16.0. The van der Waals surface area contributed by atoms with Gasteiger partial charge in [0.1, 0.15) is 5.60 Å². The lowest BCUT2D eigenvalue weighted by Crippen LogP contribution is -2.47. The Hall–Kier alpha value is -1.56. The lowest BCUT2D eigenvalue weighted by molar-refractivity contribution is -0.0366. The number of nitrogens with zero attached hydrogens (tertiary/aromatic N) is 3. The molecule has 0 aromatic carbocycles. The van der Waals surface area contributed by atoms with Crippen LogP contribution in [0.25, 0.3) is 0 Å². The van der Waals surface area contributed by atoms with E-state index in [1.165, 1.54) is 5.69 Å². The number of hydrogen-bond donors (Lipinski definition) is 1. The van der Waals surface area contributed by atoms with Crippen molar-refractivity contribution in [3.05, 3.63) is 17.0 Å². The lowest BCUT2D eigenvalue weighted by atomic mass is 9.81. The van der Waals surface area contributed by atoms with Crippen LogP contribution in [0.1, 0.15) is 70.3 Å². The zero-order chi connectivity index (χ0) is 18.2. The number of rotatable bonds is 2. The molecule has 6 heteroatoms. The largest absolute Gasteiger partial charge is 0.444 e. The van der Waals surface area contributed by atoms with Crippen LogP contribution in [0.4, 0.5) is 4.79 Å². The maximum absolute atomic E-state index is 12.3. The molecular formula is C19H31N3O3. The Labute approximate surface area is 150 Å². The molecule has 1 aromatic rings. The molecule has 1 N–H and O–H groups in total. The second kappa shape index (κ2) is 6.63. The summed E-state index contributed by atoms with van der Waals surface area (Å²) in [6.07, 6.45) is 4.91. The number of carbonyl (C=O) groups excluding carboxylic acids is 1. The molecule has 1 aromatic heterocycles. The Morgan fingerprint density at radius 2 is 1.92 bits per heavy atom. The monoisotopic (exact) mass is 349 g/mol. The number of amides is 1. The van der Waals surface area contributed by atoms with Crippen molar-refractivity contribution >= 4 is 6.09 Å². The Morgan fingerprint density at radius 1 is 1.24 bits per heavy atom. The van der Waals surface area contributed by atoms with Crippen molar-refractivity contribution in [2.45, 2.75) is 84.0 Å². The van der Waals surface area contributed by atoms with E-state index in [2.05, 4.69) is 11.6 Å². The first-order chi connectivity index (χ1) is 11.7. The maximum atomic E-state index is 12.3. The van der Waals surface area contributed by atoms with Crippen LogP contribution >= 0.6 is 0 Å². The van der Waals surface area contributed by atoms with Crippen LogP contribution in [-0.2, 0) is 29.7 Å². The third kappa shape index (κ3) is 3.68. The number of likely N-dealkylation sites (tertiary alicyclic amines) is 1. The first kappa shape index (κ1) is 18.2. The number of piperidine rings is 1. The molecule has 0 bridgehead atoms. The number of aryl methyl sites for hydroxylation is 2. The molecular weight excluding hydrogens is 318 g/mol. The quantitative estimate of drug-likeness (QED) is 0.891. The summed E-state index contributed by atoms with van der Waals surface area (Å²) in [5.41, 5.74) is 1.89. The van der Waals surface area contributed by atoms with Crippen molar-refractivity contribution in [2.75, 3.05) is 13.1 Å². The van der Waals surface area contributed by atoms with Gasteiger partial charge in [-0.25, -0.2) is 4.79 Å². The van der Waals surface area contributed by atoms with Gasteiger partial charge in [-0.2, -0.15) is 5.10 Å². The van der Waals surface area contributed by atoms with Gasteiger partial charge in [-0.05, 0) is 59.3 Å². The fourth-order valence-corrected chi connectivity index (χ4v) is 3.97. The highest BCUT2D eigenvalue weighted by atomic mass is 16.6. The van der Waals surface area contributed by atoms with E-state index >= 15 is 0 Å². The van der Waals surface area contributed by atoms with E-state index in [-0.39, 0.29) is 6.09 Å². The van der Waals surface area contributed by atoms with Crippen LogP contribution in [0.5, 0.6) is 0 Å². The molecule has 0 spiro atoms. The third-order valence-corrected chi connectivity index (χ3v) is 5.21. The van der Waals surface area contributed by atoms with E-state index in [1.807, 2.05) is 20.8 Å². The summed E-state index contributed by atoms with van der Waals surface area (Å²) in [6.45, 7) is 9.69. The van der Waals surface area contributed by atoms with Gasteiger partial charge in [-0.15, -0.1) is 0 Å². The molecule has 2 aliphatic rings. The minimum Gasteiger partial charge on any atom is -0.444 e. The zero-order valence-electron chi connectivity index (χ0n) is 16.0. The van der Waals surface area contributed by atoms with Gasteiger partial charge in [0.25, 0.3) is 0 Å². The smallest absolute Gasteiger partial charge is 0.410 e. The summed E-state index contributed by atoms with van der Waals surface area (Å²) in [6, 6.07) is 0. The fraction of sp³-hybridized carbons (Fsp3) is 0.789. The SMILES string of the molecule is CCc1nn2c(c1C1(O)CCN(C(=O)OC(C)(C)C)CC1)CCCC2. The average Bonchev–Trinajstić information content (AvgIpc) is 2.93. The van der Waals surface area contributed by atoms with Crippen molar-refractivity contribution in [1.82, 2.24) is 14.7 Å². The Kier molecular flexibility index (Phi) is 4.84. The molecule has 3 rings (SSSR count). The van der Waals surface area contributed by atoms with E-state index in [9.17, 15) is 9.90 Å². The number of hydrogen-bond acceptors (Lipinski definition) is 4. The third-order valence-electron chi connectivity index (χ3n) is 5.21. The van der Waals surface area contributed by atoms with E-state index in [0.717, 1.165) is 43.5 Å². The van der Waals surface area contributed by atoms with Crippen LogP contribution in [0.15, 0.2) is 0 Å². The molecule has 2 aliphatic heterocycles. The summed E-state index contributed by atoms with van der Waals surface area (Å²) in [7, 11) is 0. The van der Waals surface area contributed by atoms with Gasteiger partial charge in [0.2, 0.25) is 0 Å². The summed E-state index contributed by atoms with van der Waals surface area (Å²) >= 11 is 0. The van der Waals surface area contributed by atoms with E-state index in [4.69, 9.17) is 9.84 Å². The molecule has 1 fully saturated rings. The Morgan fingerprint density at radius 3 is 2.52 bits per heavy atom. The highest BCUT2D eigenvalue weighted by molar-refractivity contribution is 5.68. The van der Waals surface area contributed by atoms with E-state index in [0.29, 0.717) is 25.9 Å². The Bertz CT molecular complexity index is 637. The van der Waals surface area contributed by atoms with Crippen molar-refractivity contribution in [3.63, 3.8) is 0 Å². The topological polar surface area (TPSA) is 67.6 Å². The van der Waals surface area contributed by atoms with Crippen LogP contribution in [-0.4, -0.2) is 44.6 Å². The first-order valence-electron chi connectivity index (χ1n) is 9.53. The van der Waals surface area contributed by atoms with Gasteiger partial charge in [0.15, 0.2) is 0 Å². The predicted octanol–water partition coefficient (Wildman–Crippen LogP) is 3.00.